The molecule has 0 radical (unpaired) electrons. The van der Waals surface area contributed by atoms with Crippen molar-refractivity contribution in [1.82, 2.24) is 0 Å². The first kappa shape index (κ1) is 23.9. The first-order valence-electron chi connectivity index (χ1n) is 12.1. The van der Waals surface area contributed by atoms with Gasteiger partial charge in [0.1, 0.15) is 16.8 Å². The molecule has 2 aromatic carbocycles. The zero-order valence-corrected chi connectivity index (χ0v) is 21.6. The molecule has 0 fully saturated rings. The van der Waals surface area contributed by atoms with Crippen LogP contribution in [0.2, 0.25) is 0 Å². The Morgan fingerprint density at radius 1 is 1.03 bits per heavy atom. The zero-order chi connectivity index (χ0) is 26.2. The van der Waals surface area contributed by atoms with E-state index in [9.17, 15) is 14.4 Å². The van der Waals surface area contributed by atoms with Gasteiger partial charge in [-0.15, -0.1) is 0 Å². The molecule has 2 N–H and O–H groups in total. The molecule has 7 nitrogen and oxygen atoms in total. The van der Waals surface area contributed by atoms with Gasteiger partial charge in [-0.05, 0) is 48.9 Å². The van der Waals surface area contributed by atoms with Crippen molar-refractivity contribution in [3.05, 3.63) is 81.8 Å². The fraction of sp³-hybridized carbons (Fsp3) is 0.345. The number of methoxy groups -OCH3 is 1. The number of ether oxygens (including phenoxy) is 1. The van der Waals surface area contributed by atoms with E-state index in [4.69, 9.17) is 10.5 Å². The quantitative estimate of drug-likeness (QED) is 0.646. The van der Waals surface area contributed by atoms with Crippen molar-refractivity contribution in [3.63, 3.8) is 0 Å². The van der Waals surface area contributed by atoms with Crippen molar-refractivity contribution in [3.8, 4) is 0 Å². The van der Waals surface area contributed by atoms with Crippen LogP contribution in [0.1, 0.15) is 43.4 Å². The number of nitrogens with zero attached hydrogens (tertiary/aromatic N) is 2. The maximum absolute atomic E-state index is 14.3. The van der Waals surface area contributed by atoms with Gasteiger partial charge in [-0.3, -0.25) is 14.5 Å². The molecule has 1 spiro atoms. The number of benzene rings is 2. The number of carbonyl (C=O) groups is 3. The Morgan fingerprint density at radius 3 is 2.42 bits per heavy atom. The highest BCUT2D eigenvalue weighted by atomic mass is 16.5. The molecule has 2 aromatic rings. The topological polar surface area (TPSA) is 92.9 Å². The fourth-order valence-corrected chi connectivity index (χ4v) is 6.12. The number of aryl methyl sites for hydroxylation is 2. The predicted octanol–water partition coefficient (Wildman–Crippen LogP) is 4.02. The molecule has 2 heterocycles. The van der Waals surface area contributed by atoms with E-state index in [2.05, 4.69) is 0 Å². The van der Waals surface area contributed by atoms with Gasteiger partial charge in [-0.1, -0.05) is 44.2 Å². The summed E-state index contributed by atoms with van der Waals surface area (Å²) in [7, 11) is 2.93. The third-order valence-corrected chi connectivity index (χ3v) is 7.66. The van der Waals surface area contributed by atoms with Crippen LogP contribution in [0.25, 0.3) is 0 Å². The van der Waals surface area contributed by atoms with E-state index >= 15 is 0 Å². The third-order valence-electron chi connectivity index (χ3n) is 7.66. The van der Waals surface area contributed by atoms with Crippen molar-refractivity contribution < 1.29 is 19.1 Å². The SMILES string of the molecule is COC(=O)C1=C(N)N(c2cc(C)ccc2C)C2=C(C(=O)CC(C)(C)C2)C12C(=O)N(C)c1ccccc12. The number of hydrogen-bond donors (Lipinski definition) is 1. The van der Waals surface area contributed by atoms with Crippen molar-refractivity contribution in [2.45, 2.75) is 46.0 Å². The molecular formula is C29H31N3O4. The highest BCUT2D eigenvalue weighted by molar-refractivity contribution is 6.24. The van der Waals surface area contributed by atoms with Gasteiger partial charge in [0.2, 0.25) is 5.91 Å². The Morgan fingerprint density at radius 2 is 1.72 bits per heavy atom. The first-order chi connectivity index (χ1) is 17.0. The van der Waals surface area contributed by atoms with Gasteiger partial charge < -0.3 is 15.4 Å². The maximum Gasteiger partial charge on any atom is 0.339 e. The largest absolute Gasteiger partial charge is 0.466 e. The molecule has 1 atom stereocenters. The van der Waals surface area contributed by atoms with Crippen molar-refractivity contribution in [1.29, 1.82) is 0 Å². The zero-order valence-electron chi connectivity index (χ0n) is 21.6. The molecule has 0 aromatic heterocycles. The number of Topliss-reactive ketones (excluding diaryl/α,β-unsaturated/α-hetero) is 1. The Bertz CT molecular complexity index is 1420. The Hall–Kier alpha value is -3.87. The lowest BCUT2D eigenvalue weighted by atomic mass is 9.60. The number of esters is 1. The van der Waals surface area contributed by atoms with Crippen molar-refractivity contribution >= 4 is 29.0 Å². The molecule has 7 heteroatoms. The van der Waals surface area contributed by atoms with Gasteiger partial charge in [-0.25, -0.2) is 4.79 Å². The van der Waals surface area contributed by atoms with E-state index in [0.717, 1.165) is 16.8 Å². The van der Waals surface area contributed by atoms with Crippen LogP contribution in [0, 0.1) is 19.3 Å². The number of carbonyl (C=O) groups excluding carboxylic acids is 3. The van der Waals surface area contributed by atoms with Gasteiger partial charge in [0.25, 0.3) is 0 Å². The molecule has 0 saturated carbocycles. The molecule has 3 aliphatic rings. The molecule has 5 rings (SSSR count). The van der Waals surface area contributed by atoms with Gasteiger partial charge in [0, 0.05) is 36.0 Å². The summed E-state index contributed by atoms with van der Waals surface area (Å²) in [5, 5.41) is 0. The highest BCUT2D eigenvalue weighted by Gasteiger charge is 2.64. The summed E-state index contributed by atoms with van der Waals surface area (Å²) in [5.74, 6) is -1.17. The summed E-state index contributed by atoms with van der Waals surface area (Å²) in [4.78, 5) is 45.2. The van der Waals surface area contributed by atoms with E-state index in [1.807, 2.05) is 69.0 Å². The lowest BCUT2D eigenvalue weighted by molar-refractivity contribution is -0.138. The number of para-hydroxylation sites is 1. The molecule has 36 heavy (non-hydrogen) atoms. The lowest BCUT2D eigenvalue weighted by Gasteiger charge is -2.47. The van der Waals surface area contributed by atoms with Gasteiger partial charge in [0.15, 0.2) is 5.78 Å². The predicted molar refractivity (Wildman–Crippen MR) is 138 cm³/mol. The number of likely N-dealkylation sites (N-methyl/N-ethyl adjacent to an activating group) is 1. The van der Waals surface area contributed by atoms with E-state index in [1.54, 1.807) is 13.1 Å². The van der Waals surface area contributed by atoms with Crippen LogP contribution in [-0.4, -0.2) is 31.8 Å². The van der Waals surface area contributed by atoms with Gasteiger partial charge in [-0.2, -0.15) is 0 Å². The second-order valence-electron chi connectivity index (χ2n) is 10.8. The number of fused-ring (bicyclic) bond motifs is 3. The summed E-state index contributed by atoms with van der Waals surface area (Å²) in [6.07, 6.45) is 0.763. The fourth-order valence-electron chi connectivity index (χ4n) is 6.12. The minimum Gasteiger partial charge on any atom is -0.466 e. The summed E-state index contributed by atoms with van der Waals surface area (Å²) >= 11 is 0. The maximum atomic E-state index is 14.3. The second kappa shape index (κ2) is 7.82. The molecular weight excluding hydrogens is 454 g/mol. The molecule has 0 saturated heterocycles. The summed E-state index contributed by atoms with van der Waals surface area (Å²) in [6, 6.07) is 13.2. The minimum atomic E-state index is -1.67. The summed E-state index contributed by atoms with van der Waals surface area (Å²) < 4.78 is 5.23. The van der Waals surface area contributed by atoms with E-state index in [0.29, 0.717) is 28.9 Å². The molecule has 186 valence electrons. The molecule has 1 aliphatic carbocycles. The molecule has 2 aliphatic heterocycles. The van der Waals surface area contributed by atoms with Crippen molar-refractivity contribution in [2.75, 3.05) is 24.0 Å². The highest BCUT2D eigenvalue weighted by Crippen LogP contribution is 2.58. The average molecular weight is 486 g/mol. The Balaban J connectivity index is 1.97. The number of rotatable bonds is 2. The average Bonchev–Trinajstić information content (AvgIpc) is 3.03. The van der Waals surface area contributed by atoms with Crippen molar-refractivity contribution in [2.24, 2.45) is 11.1 Å². The van der Waals surface area contributed by atoms with Crippen LogP contribution < -0.4 is 15.5 Å². The molecule has 1 unspecified atom stereocenters. The number of anilines is 2. The normalized spacial score (nSPS) is 22.8. The second-order valence-corrected chi connectivity index (χ2v) is 10.8. The van der Waals surface area contributed by atoms with E-state index in [1.165, 1.54) is 12.0 Å². The monoisotopic (exact) mass is 485 g/mol. The third kappa shape index (κ3) is 3.01. The summed E-state index contributed by atoms with van der Waals surface area (Å²) in [6.45, 7) is 8.01. The first-order valence-corrected chi connectivity index (χ1v) is 12.1. The van der Waals surface area contributed by atoms with Crippen LogP contribution >= 0.6 is 0 Å². The number of nitrogens with two attached hydrogens (primary N) is 1. The summed E-state index contributed by atoms with van der Waals surface area (Å²) in [5.41, 5.74) is 9.76. The standard InChI is InChI=1S/C29H31N3O4/c1-16-11-12-17(2)20(13-16)32-21-14-28(3,4)15-22(33)23(21)29(24(25(32)30)26(34)36-6)18-9-7-8-10-19(18)31(5)27(29)35/h7-13H,14-15,30H2,1-6H3. The smallest absolute Gasteiger partial charge is 0.339 e. The van der Waals surface area contributed by atoms with Crippen LogP contribution in [0.4, 0.5) is 11.4 Å². The van der Waals surface area contributed by atoms with Gasteiger partial charge in [0.05, 0.1) is 12.8 Å². The number of amides is 1. The van der Waals surface area contributed by atoms with Gasteiger partial charge >= 0.3 is 5.97 Å². The molecule has 1 amide bonds. The number of ketones is 1. The van der Waals surface area contributed by atoms with Crippen LogP contribution in [0.15, 0.2) is 65.1 Å². The molecule has 0 bridgehead atoms. The number of hydrogen-bond acceptors (Lipinski definition) is 6. The Labute approximate surface area is 211 Å². The van der Waals surface area contributed by atoms with E-state index < -0.39 is 11.4 Å². The van der Waals surface area contributed by atoms with Crippen LogP contribution in [0.5, 0.6) is 0 Å². The number of allylic oxidation sites excluding steroid dienone is 1. The minimum absolute atomic E-state index is 0.0143. The van der Waals surface area contributed by atoms with Crippen LogP contribution in [-0.2, 0) is 24.5 Å². The Kier molecular flexibility index (Phi) is 5.18. The van der Waals surface area contributed by atoms with Crippen LogP contribution in [0.3, 0.4) is 0 Å². The lowest BCUT2D eigenvalue weighted by Crippen LogP contribution is -2.55. The van der Waals surface area contributed by atoms with E-state index in [-0.39, 0.29) is 34.9 Å².